The molecule has 26 heavy (non-hydrogen) atoms. The smallest absolute Gasteiger partial charge is 0.00981 e. The van der Waals surface area contributed by atoms with Gasteiger partial charge in [-0.3, -0.25) is 0 Å². The van der Waals surface area contributed by atoms with Crippen molar-refractivity contribution in [2.75, 3.05) is 0 Å². The number of benzene rings is 3. The molecule has 0 N–H and O–H groups in total. The summed E-state index contributed by atoms with van der Waals surface area (Å²) in [6, 6.07) is 13.8. The molecular formula is C25H29P. The maximum Gasteiger partial charge on any atom is -0.00981 e. The first-order valence-corrected chi connectivity index (χ1v) is 9.83. The molecule has 0 saturated heterocycles. The molecule has 0 aliphatic rings. The summed E-state index contributed by atoms with van der Waals surface area (Å²) in [6.45, 7) is 15.5. The summed E-state index contributed by atoms with van der Waals surface area (Å²) in [5.74, 6) is 0. The van der Waals surface area contributed by atoms with Gasteiger partial charge in [-0.1, -0.05) is 47.5 Å². The van der Waals surface area contributed by atoms with Crippen molar-refractivity contribution in [3.05, 3.63) is 75.3 Å². The van der Waals surface area contributed by atoms with Crippen LogP contribution in [0.15, 0.2) is 36.4 Å². The highest BCUT2D eigenvalue weighted by Crippen LogP contribution is 2.35. The van der Waals surface area contributed by atoms with Crippen LogP contribution in [0.3, 0.4) is 0 Å². The molecule has 1 atom stereocenters. The van der Waals surface area contributed by atoms with Crippen molar-refractivity contribution >= 4 is 14.5 Å². The fourth-order valence-electron chi connectivity index (χ4n) is 4.42. The summed E-state index contributed by atoms with van der Waals surface area (Å²) < 4.78 is 0. The van der Waals surface area contributed by atoms with Crippen LogP contribution >= 0.6 is 9.24 Å². The Hall–Kier alpha value is -1.91. The molecule has 1 unspecified atom stereocenters. The molecule has 0 fully saturated rings. The minimum absolute atomic E-state index is 1.29. The molecule has 1 heteroatoms. The second-order valence-electron chi connectivity index (χ2n) is 7.82. The van der Waals surface area contributed by atoms with Crippen molar-refractivity contribution in [3.63, 3.8) is 0 Å². The van der Waals surface area contributed by atoms with Crippen LogP contribution in [0, 0.1) is 48.5 Å². The van der Waals surface area contributed by atoms with Crippen LogP contribution in [0.1, 0.15) is 38.9 Å². The lowest BCUT2D eigenvalue weighted by Crippen LogP contribution is -2.07. The van der Waals surface area contributed by atoms with Gasteiger partial charge >= 0.3 is 0 Å². The minimum Gasteiger partial charge on any atom is -0.104 e. The summed E-state index contributed by atoms with van der Waals surface area (Å²) in [5, 5.41) is 1.29. The predicted molar refractivity (Wildman–Crippen MR) is 120 cm³/mol. The summed E-state index contributed by atoms with van der Waals surface area (Å²) in [6.07, 6.45) is 0. The molecule has 3 rings (SSSR count). The van der Waals surface area contributed by atoms with E-state index in [1.807, 2.05) is 0 Å². The Balaban J connectivity index is 2.34. The summed E-state index contributed by atoms with van der Waals surface area (Å²) >= 11 is 0. The standard InChI is InChI=1S/C25H29P/c1-14-8-17(4)23(18(5)9-14)21-12-16(3)13-22(25(21)26)24-19(6)10-15(2)11-20(24)7/h8-13H,26H2,1-7H3. The second-order valence-corrected chi connectivity index (χ2v) is 8.40. The van der Waals surface area contributed by atoms with Crippen molar-refractivity contribution < 1.29 is 0 Å². The zero-order chi connectivity index (χ0) is 19.2. The normalized spacial score (nSPS) is 11.1. The number of hydrogen-bond acceptors (Lipinski definition) is 0. The molecule has 0 nitrogen and oxygen atoms in total. The van der Waals surface area contributed by atoms with Gasteiger partial charge in [-0.15, -0.1) is 9.24 Å². The van der Waals surface area contributed by atoms with Gasteiger partial charge in [-0.25, -0.2) is 0 Å². The van der Waals surface area contributed by atoms with E-state index >= 15 is 0 Å². The predicted octanol–water partition coefficient (Wildman–Crippen LogP) is 6.68. The molecule has 0 spiro atoms. The molecule has 0 aromatic heterocycles. The van der Waals surface area contributed by atoms with Gasteiger partial charge < -0.3 is 0 Å². The highest BCUT2D eigenvalue weighted by Gasteiger charge is 2.16. The average molecular weight is 360 g/mol. The van der Waals surface area contributed by atoms with E-state index in [0.29, 0.717) is 0 Å². The summed E-state index contributed by atoms with van der Waals surface area (Å²) in [4.78, 5) is 0. The third-order valence-electron chi connectivity index (χ3n) is 5.22. The van der Waals surface area contributed by atoms with Crippen LogP contribution in [0.5, 0.6) is 0 Å². The summed E-state index contributed by atoms with van der Waals surface area (Å²) in [7, 11) is 3.03. The SMILES string of the molecule is Cc1cc(C)c(-c2cc(C)cc(-c3c(C)cc(C)cc3C)c2P)c(C)c1. The van der Waals surface area contributed by atoms with Gasteiger partial charge in [0.1, 0.15) is 0 Å². The highest BCUT2D eigenvalue weighted by molar-refractivity contribution is 7.28. The second kappa shape index (κ2) is 7.01. The Morgan fingerprint density at radius 2 is 0.731 bits per heavy atom. The van der Waals surface area contributed by atoms with Crippen LogP contribution in [-0.4, -0.2) is 0 Å². The van der Waals surface area contributed by atoms with Crippen LogP contribution < -0.4 is 5.30 Å². The lowest BCUT2D eigenvalue weighted by atomic mass is 9.88. The van der Waals surface area contributed by atoms with E-state index in [2.05, 4.69) is 94.1 Å². The average Bonchev–Trinajstić information content (AvgIpc) is 2.49. The van der Waals surface area contributed by atoms with E-state index in [1.54, 1.807) is 0 Å². The topological polar surface area (TPSA) is 0 Å². The molecule has 3 aromatic carbocycles. The molecule has 0 aliphatic carbocycles. The molecule has 0 aliphatic heterocycles. The Morgan fingerprint density at radius 3 is 1.04 bits per heavy atom. The number of aryl methyl sites for hydroxylation is 7. The van der Waals surface area contributed by atoms with Gasteiger partial charge in [0, 0.05) is 0 Å². The van der Waals surface area contributed by atoms with E-state index in [0.717, 1.165) is 0 Å². The highest BCUT2D eigenvalue weighted by atomic mass is 31.0. The fourth-order valence-corrected chi connectivity index (χ4v) is 4.88. The van der Waals surface area contributed by atoms with E-state index in [-0.39, 0.29) is 0 Å². The van der Waals surface area contributed by atoms with Crippen LogP contribution in [0.25, 0.3) is 22.3 Å². The van der Waals surface area contributed by atoms with Crippen molar-refractivity contribution in [1.82, 2.24) is 0 Å². The molecule has 0 radical (unpaired) electrons. The van der Waals surface area contributed by atoms with Gasteiger partial charge in [0.2, 0.25) is 0 Å². The Kier molecular flexibility index (Phi) is 5.09. The van der Waals surface area contributed by atoms with E-state index < -0.39 is 0 Å². The van der Waals surface area contributed by atoms with Crippen LogP contribution in [-0.2, 0) is 0 Å². The first-order valence-electron chi connectivity index (χ1n) is 9.25. The van der Waals surface area contributed by atoms with Gasteiger partial charge in [0.05, 0.1) is 0 Å². The number of rotatable bonds is 2. The van der Waals surface area contributed by atoms with Crippen LogP contribution in [0.2, 0.25) is 0 Å². The van der Waals surface area contributed by atoms with E-state index in [4.69, 9.17) is 0 Å². The maximum absolute atomic E-state index is 3.03. The molecule has 3 aromatic rings. The van der Waals surface area contributed by atoms with Crippen molar-refractivity contribution in [2.24, 2.45) is 0 Å². The zero-order valence-corrected chi connectivity index (χ0v) is 18.2. The van der Waals surface area contributed by atoms with E-state index in [9.17, 15) is 0 Å². The largest absolute Gasteiger partial charge is 0.104 e. The molecule has 134 valence electrons. The van der Waals surface area contributed by atoms with E-state index in [1.165, 1.54) is 66.5 Å². The van der Waals surface area contributed by atoms with Gasteiger partial charge in [-0.2, -0.15) is 0 Å². The lowest BCUT2D eigenvalue weighted by Gasteiger charge is -2.20. The number of hydrogen-bond donors (Lipinski definition) is 0. The molecule has 0 amide bonds. The Bertz CT molecular complexity index is 884. The van der Waals surface area contributed by atoms with Crippen LogP contribution in [0.4, 0.5) is 0 Å². The Labute approximate surface area is 160 Å². The quantitative estimate of drug-likeness (QED) is 0.447. The Morgan fingerprint density at radius 1 is 0.462 bits per heavy atom. The molecule has 0 heterocycles. The minimum atomic E-state index is 1.29. The van der Waals surface area contributed by atoms with Crippen molar-refractivity contribution in [1.29, 1.82) is 0 Å². The van der Waals surface area contributed by atoms with Gasteiger partial charge in [0.25, 0.3) is 0 Å². The first kappa shape index (κ1) is 18.9. The van der Waals surface area contributed by atoms with Gasteiger partial charge in [-0.05, 0) is 104 Å². The van der Waals surface area contributed by atoms with Crippen molar-refractivity contribution in [2.45, 2.75) is 48.5 Å². The van der Waals surface area contributed by atoms with Crippen molar-refractivity contribution in [3.8, 4) is 22.3 Å². The zero-order valence-electron chi connectivity index (χ0n) is 17.0. The molecule has 0 bridgehead atoms. The monoisotopic (exact) mass is 360 g/mol. The van der Waals surface area contributed by atoms with Gasteiger partial charge in [0.15, 0.2) is 0 Å². The molecular weight excluding hydrogens is 331 g/mol. The maximum atomic E-state index is 3.03. The molecule has 0 saturated carbocycles. The third kappa shape index (κ3) is 3.36. The third-order valence-corrected chi connectivity index (χ3v) is 5.84. The lowest BCUT2D eigenvalue weighted by molar-refractivity contribution is 1.31. The summed E-state index contributed by atoms with van der Waals surface area (Å²) in [5.41, 5.74) is 14.7. The first-order chi connectivity index (χ1) is 12.2. The fraction of sp³-hybridized carbons (Fsp3) is 0.280.